The molecule has 0 aromatic carbocycles. The molecule has 0 aromatic rings. The number of methoxy groups -OCH3 is 2. The predicted molar refractivity (Wildman–Crippen MR) is 53.0 cm³/mol. The van der Waals surface area contributed by atoms with E-state index < -0.39 is 23.5 Å². The van der Waals surface area contributed by atoms with E-state index in [1.165, 1.54) is 20.1 Å². The Kier molecular flexibility index (Phi) is 5.00. The van der Waals surface area contributed by atoms with Gasteiger partial charge in [0.25, 0.3) is 0 Å². The molecule has 0 bridgehead atoms. The van der Waals surface area contributed by atoms with E-state index in [2.05, 4.69) is 16.1 Å². The molecule has 0 spiro atoms. The van der Waals surface area contributed by atoms with Crippen molar-refractivity contribution in [3.63, 3.8) is 0 Å². The Morgan fingerprint density at radius 3 is 2.33 bits per heavy atom. The van der Waals surface area contributed by atoms with Gasteiger partial charge in [0.15, 0.2) is 6.10 Å². The highest BCUT2D eigenvalue weighted by Gasteiger charge is 2.45. The number of carbonyl (C=O) groups excluding carboxylic acids is 2. The Labute approximate surface area is 88.7 Å². The number of aliphatic hydroxyl groups excluding tert-OH is 1. The highest BCUT2D eigenvalue weighted by atomic mass is 16.5. The summed E-state index contributed by atoms with van der Waals surface area (Å²) in [6, 6.07) is 0. The molecule has 5 nitrogen and oxygen atoms in total. The van der Waals surface area contributed by atoms with Gasteiger partial charge in [0, 0.05) is 0 Å². The van der Waals surface area contributed by atoms with Gasteiger partial charge in [-0.25, -0.2) is 4.79 Å². The van der Waals surface area contributed by atoms with E-state index in [9.17, 15) is 14.7 Å². The Bertz CT molecular complexity index is 261. The maximum atomic E-state index is 11.4. The van der Waals surface area contributed by atoms with Crippen LogP contribution in [-0.4, -0.2) is 37.4 Å². The first-order chi connectivity index (χ1) is 6.93. The van der Waals surface area contributed by atoms with Gasteiger partial charge in [-0.3, -0.25) is 4.79 Å². The molecule has 5 heteroatoms. The minimum Gasteiger partial charge on any atom is -0.469 e. The number of aliphatic hydroxyl groups is 1. The van der Waals surface area contributed by atoms with Crippen LogP contribution in [0.15, 0.2) is 12.7 Å². The van der Waals surface area contributed by atoms with Crippen LogP contribution in [0, 0.1) is 5.41 Å². The standard InChI is InChI=1S/C10H16O5/c1-5-6-10(2,9(13)15-4)7(11)8(12)14-3/h5,7,11H,1,6H2,2-4H3. The molecule has 15 heavy (non-hydrogen) atoms. The van der Waals surface area contributed by atoms with E-state index in [0.29, 0.717) is 0 Å². The number of ether oxygens (including phenoxy) is 2. The molecule has 2 atom stereocenters. The van der Waals surface area contributed by atoms with E-state index in [1.807, 2.05) is 0 Å². The summed E-state index contributed by atoms with van der Waals surface area (Å²) in [6.45, 7) is 4.88. The van der Waals surface area contributed by atoms with Gasteiger partial charge < -0.3 is 14.6 Å². The number of rotatable bonds is 5. The molecule has 0 saturated heterocycles. The van der Waals surface area contributed by atoms with Crippen molar-refractivity contribution in [1.82, 2.24) is 0 Å². The van der Waals surface area contributed by atoms with Gasteiger partial charge >= 0.3 is 11.9 Å². The largest absolute Gasteiger partial charge is 0.469 e. The molecular weight excluding hydrogens is 200 g/mol. The molecule has 0 aromatic heterocycles. The van der Waals surface area contributed by atoms with E-state index >= 15 is 0 Å². The minimum atomic E-state index is -1.56. The lowest BCUT2D eigenvalue weighted by Gasteiger charge is -2.28. The SMILES string of the molecule is C=CCC(C)(C(=O)OC)C(O)C(=O)OC. The van der Waals surface area contributed by atoms with Crippen LogP contribution in [0.5, 0.6) is 0 Å². The van der Waals surface area contributed by atoms with Gasteiger partial charge in [0.1, 0.15) is 5.41 Å². The maximum Gasteiger partial charge on any atom is 0.335 e. The van der Waals surface area contributed by atoms with Crippen LogP contribution in [0.2, 0.25) is 0 Å². The van der Waals surface area contributed by atoms with Crippen molar-refractivity contribution in [1.29, 1.82) is 0 Å². The third kappa shape index (κ3) is 2.79. The number of hydrogen-bond donors (Lipinski definition) is 1. The van der Waals surface area contributed by atoms with Crippen LogP contribution in [-0.2, 0) is 19.1 Å². The summed E-state index contributed by atoms with van der Waals surface area (Å²) in [4.78, 5) is 22.6. The molecule has 0 radical (unpaired) electrons. The first-order valence-electron chi connectivity index (χ1n) is 4.39. The van der Waals surface area contributed by atoms with E-state index in [-0.39, 0.29) is 6.42 Å². The number of esters is 2. The third-order valence-electron chi connectivity index (χ3n) is 2.25. The molecule has 0 fully saturated rings. The molecule has 0 rings (SSSR count). The van der Waals surface area contributed by atoms with Crippen molar-refractivity contribution in [3.05, 3.63) is 12.7 Å². The molecule has 2 unspecified atom stereocenters. The Morgan fingerprint density at radius 1 is 1.47 bits per heavy atom. The summed E-state index contributed by atoms with van der Waals surface area (Å²) in [5, 5.41) is 9.65. The van der Waals surface area contributed by atoms with Crippen molar-refractivity contribution in [3.8, 4) is 0 Å². The third-order valence-corrected chi connectivity index (χ3v) is 2.25. The normalized spacial score (nSPS) is 16.0. The summed E-state index contributed by atoms with van der Waals surface area (Å²) in [6.07, 6.45) is -0.00750. The first-order valence-corrected chi connectivity index (χ1v) is 4.39. The van der Waals surface area contributed by atoms with E-state index in [0.717, 1.165) is 7.11 Å². The molecule has 0 heterocycles. The summed E-state index contributed by atoms with van der Waals surface area (Å²) in [5.41, 5.74) is -1.36. The van der Waals surface area contributed by atoms with E-state index in [1.54, 1.807) is 0 Å². The second-order valence-corrected chi connectivity index (χ2v) is 3.33. The molecule has 0 amide bonds. The lowest BCUT2D eigenvalue weighted by molar-refractivity contribution is -0.172. The second-order valence-electron chi connectivity index (χ2n) is 3.33. The van der Waals surface area contributed by atoms with Crippen LogP contribution in [0.3, 0.4) is 0 Å². The zero-order chi connectivity index (χ0) is 12.1. The maximum absolute atomic E-state index is 11.4. The number of allylic oxidation sites excluding steroid dienone is 1. The Balaban J connectivity index is 5.00. The van der Waals surface area contributed by atoms with Crippen LogP contribution in [0.4, 0.5) is 0 Å². The average molecular weight is 216 g/mol. The smallest absolute Gasteiger partial charge is 0.335 e. The number of carbonyl (C=O) groups is 2. The zero-order valence-corrected chi connectivity index (χ0v) is 9.15. The van der Waals surface area contributed by atoms with Gasteiger partial charge in [-0.1, -0.05) is 6.08 Å². The van der Waals surface area contributed by atoms with Gasteiger partial charge in [-0.2, -0.15) is 0 Å². The molecule has 0 aliphatic heterocycles. The van der Waals surface area contributed by atoms with Crippen LogP contribution in [0.25, 0.3) is 0 Å². The fourth-order valence-corrected chi connectivity index (χ4v) is 1.21. The lowest BCUT2D eigenvalue weighted by Crippen LogP contribution is -2.45. The van der Waals surface area contributed by atoms with Crippen LogP contribution in [0.1, 0.15) is 13.3 Å². The molecule has 0 aliphatic carbocycles. The summed E-state index contributed by atoms with van der Waals surface area (Å²) < 4.78 is 8.90. The quantitative estimate of drug-likeness (QED) is 0.527. The zero-order valence-electron chi connectivity index (χ0n) is 9.15. The predicted octanol–water partition coefficient (Wildman–Crippen LogP) is 0.276. The topological polar surface area (TPSA) is 72.8 Å². The monoisotopic (exact) mass is 216 g/mol. The van der Waals surface area contributed by atoms with Crippen molar-refractivity contribution < 1.29 is 24.2 Å². The Morgan fingerprint density at radius 2 is 2.00 bits per heavy atom. The molecule has 86 valence electrons. The van der Waals surface area contributed by atoms with Gasteiger partial charge in [-0.05, 0) is 13.3 Å². The minimum absolute atomic E-state index is 0.121. The second kappa shape index (κ2) is 5.50. The van der Waals surface area contributed by atoms with Crippen molar-refractivity contribution in [2.24, 2.45) is 5.41 Å². The van der Waals surface area contributed by atoms with Gasteiger partial charge in [0.2, 0.25) is 0 Å². The summed E-state index contributed by atoms with van der Waals surface area (Å²) in [7, 11) is 2.32. The summed E-state index contributed by atoms with van der Waals surface area (Å²) >= 11 is 0. The van der Waals surface area contributed by atoms with Crippen molar-refractivity contribution in [2.75, 3.05) is 14.2 Å². The van der Waals surface area contributed by atoms with Crippen molar-refractivity contribution in [2.45, 2.75) is 19.4 Å². The lowest BCUT2D eigenvalue weighted by atomic mass is 9.81. The molecule has 1 N–H and O–H groups in total. The average Bonchev–Trinajstić information content (AvgIpc) is 2.25. The van der Waals surface area contributed by atoms with Crippen molar-refractivity contribution >= 4 is 11.9 Å². The fourth-order valence-electron chi connectivity index (χ4n) is 1.21. The molecule has 0 aliphatic rings. The molecule has 0 saturated carbocycles. The first kappa shape index (κ1) is 13.6. The van der Waals surface area contributed by atoms with Crippen LogP contribution < -0.4 is 0 Å². The fraction of sp³-hybridized carbons (Fsp3) is 0.600. The Hall–Kier alpha value is -1.36. The highest BCUT2D eigenvalue weighted by Crippen LogP contribution is 2.29. The van der Waals surface area contributed by atoms with E-state index in [4.69, 9.17) is 0 Å². The molecular formula is C10H16O5. The van der Waals surface area contributed by atoms with Crippen LogP contribution >= 0.6 is 0 Å². The van der Waals surface area contributed by atoms with Gasteiger partial charge in [0.05, 0.1) is 14.2 Å². The number of hydrogen-bond acceptors (Lipinski definition) is 5. The highest BCUT2D eigenvalue weighted by molar-refractivity contribution is 5.86. The summed E-state index contributed by atoms with van der Waals surface area (Å²) in [5.74, 6) is -1.55. The van der Waals surface area contributed by atoms with Gasteiger partial charge in [-0.15, -0.1) is 6.58 Å².